The molecule has 1 aliphatic heterocycles. The number of ether oxygens (including phenoxy) is 3. The lowest BCUT2D eigenvalue weighted by molar-refractivity contribution is -0.116. The van der Waals surface area contributed by atoms with Crippen molar-refractivity contribution in [3.63, 3.8) is 0 Å². The first kappa shape index (κ1) is 18.8. The van der Waals surface area contributed by atoms with E-state index in [1.54, 1.807) is 36.9 Å². The predicted molar refractivity (Wildman–Crippen MR) is 95.1 cm³/mol. The summed E-state index contributed by atoms with van der Waals surface area (Å²) in [6.07, 6.45) is 1.57. The number of hydrogen-bond donors (Lipinski definition) is 0. The number of benzene rings is 1. The van der Waals surface area contributed by atoms with Crippen molar-refractivity contribution in [3.8, 4) is 0 Å². The van der Waals surface area contributed by atoms with Crippen LogP contribution in [0.25, 0.3) is 0 Å². The van der Waals surface area contributed by atoms with Gasteiger partial charge in [0.25, 0.3) is 0 Å². The van der Waals surface area contributed by atoms with E-state index in [0.717, 1.165) is 4.90 Å². The third-order valence-electron chi connectivity index (χ3n) is 4.03. The molecule has 0 unspecified atom stereocenters. The van der Waals surface area contributed by atoms with Crippen LogP contribution in [0.5, 0.6) is 0 Å². The molecule has 0 spiro atoms. The van der Waals surface area contributed by atoms with Gasteiger partial charge in [0.05, 0.1) is 18.2 Å². The highest BCUT2D eigenvalue weighted by molar-refractivity contribution is 7.99. The molecule has 0 saturated carbocycles. The van der Waals surface area contributed by atoms with Crippen molar-refractivity contribution >= 4 is 17.9 Å². The van der Waals surface area contributed by atoms with E-state index in [1.165, 1.54) is 0 Å². The third-order valence-corrected chi connectivity index (χ3v) is 5.14. The Labute approximate surface area is 148 Å². The molecule has 2 rings (SSSR count). The second kappa shape index (κ2) is 9.11. The van der Waals surface area contributed by atoms with Gasteiger partial charge in [-0.05, 0) is 19.1 Å². The summed E-state index contributed by atoms with van der Waals surface area (Å²) in [5, 5.41) is 0. The normalized spacial score (nSPS) is 26.6. The van der Waals surface area contributed by atoms with Gasteiger partial charge in [-0.15, -0.1) is 0 Å². The maximum atomic E-state index is 12.1. The average molecular weight is 351 g/mol. The van der Waals surface area contributed by atoms with Crippen molar-refractivity contribution in [1.82, 2.24) is 4.90 Å². The first-order valence-corrected chi connectivity index (χ1v) is 8.85. The molecule has 1 aromatic carbocycles. The highest BCUT2D eigenvalue weighted by Crippen LogP contribution is 2.35. The minimum Gasteiger partial charge on any atom is -0.445 e. The van der Waals surface area contributed by atoms with E-state index in [9.17, 15) is 4.79 Å². The highest BCUT2D eigenvalue weighted by Gasteiger charge is 2.41. The van der Waals surface area contributed by atoms with Crippen LogP contribution >= 0.6 is 11.8 Å². The van der Waals surface area contributed by atoms with E-state index in [2.05, 4.69) is 18.7 Å². The van der Waals surface area contributed by atoms with Crippen molar-refractivity contribution in [2.45, 2.75) is 41.9 Å². The fourth-order valence-electron chi connectivity index (χ4n) is 2.89. The van der Waals surface area contributed by atoms with Crippen LogP contribution in [-0.4, -0.2) is 55.4 Å². The van der Waals surface area contributed by atoms with Crippen LogP contribution in [0.2, 0.25) is 0 Å². The molecule has 0 N–H and O–H groups in total. The van der Waals surface area contributed by atoms with E-state index in [0.29, 0.717) is 6.42 Å². The van der Waals surface area contributed by atoms with Gasteiger partial charge in [-0.1, -0.05) is 42.6 Å². The summed E-state index contributed by atoms with van der Waals surface area (Å²) >= 11 is 1.67. The van der Waals surface area contributed by atoms with Gasteiger partial charge in [0.15, 0.2) is 0 Å². The molecule has 1 saturated heterocycles. The number of nitrogens with zero attached hydrogens (tertiary/aromatic N) is 1. The lowest BCUT2D eigenvalue weighted by atomic mass is 9.99. The molecule has 5 nitrogen and oxygen atoms in total. The second-order valence-electron chi connectivity index (χ2n) is 5.68. The number of carbonyl (C=O) groups is 1. The lowest BCUT2D eigenvalue weighted by Crippen LogP contribution is -2.56. The van der Waals surface area contributed by atoms with Crippen molar-refractivity contribution in [2.24, 2.45) is 0 Å². The maximum absolute atomic E-state index is 12.1. The summed E-state index contributed by atoms with van der Waals surface area (Å²) in [7, 11) is 3.38. The zero-order valence-electron chi connectivity index (χ0n) is 14.4. The van der Waals surface area contributed by atoms with Gasteiger partial charge in [0, 0.05) is 25.5 Å². The molecular formula is C18H25NO4S. The minimum absolute atomic E-state index is 0.0128. The van der Waals surface area contributed by atoms with Crippen molar-refractivity contribution in [2.75, 3.05) is 20.8 Å². The molecule has 4 atom stereocenters. The molecule has 0 aromatic heterocycles. The van der Waals surface area contributed by atoms with E-state index in [-0.39, 0.29) is 30.3 Å². The SMILES string of the molecule is C=CCOC(=O)N(C)[C@@H]1[C@H](C)O[C@@H](Sc2ccccc2)C[C@@H]1OC. The van der Waals surface area contributed by atoms with Gasteiger partial charge in [0.1, 0.15) is 12.0 Å². The van der Waals surface area contributed by atoms with Crippen LogP contribution in [-0.2, 0) is 14.2 Å². The molecule has 1 heterocycles. The van der Waals surface area contributed by atoms with Gasteiger partial charge in [0.2, 0.25) is 0 Å². The Balaban J connectivity index is 2.02. The Bertz CT molecular complexity index is 539. The number of carbonyl (C=O) groups excluding carboxylic acids is 1. The average Bonchev–Trinajstić information content (AvgIpc) is 2.59. The first-order chi connectivity index (χ1) is 11.6. The predicted octanol–water partition coefficient (Wildman–Crippen LogP) is 3.55. The standard InChI is InChI=1S/C18H25NO4S/c1-5-11-22-18(20)19(3)17-13(2)23-16(12-15(17)21-4)24-14-9-7-6-8-10-14/h5-10,13,15-17H,1,11-12H2,2-4H3/t13-,15-,16-,17+/m0/s1. The molecule has 0 aliphatic carbocycles. The molecule has 132 valence electrons. The number of hydrogen-bond acceptors (Lipinski definition) is 5. The van der Waals surface area contributed by atoms with Crippen LogP contribution in [0.4, 0.5) is 4.79 Å². The van der Waals surface area contributed by atoms with Gasteiger partial charge in [-0.3, -0.25) is 0 Å². The Morgan fingerprint density at radius 1 is 1.46 bits per heavy atom. The van der Waals surface area contributed by atoms with Gasteiger partial charge < -0.3 is 19.1 Å². The van der Waals surface area contributed by atoms with Crippen LogP contribution in [0.15, 0.2) is 47.9 Å². The second-order valence-corrected chi connectivity index (χ2v) is 6.91. The van der Waals surface area contributed by atoms with Gasteiger partial charge >= 0.3 is 6.09 Å². The fraction of sp³-hybridized carbons (Fsp3) is 0.500. The number of likely N-dealkylation sites (N-methyl/N-ethyl adjacent to an activating group) is 1. The Morgan fingerprint density at radius 3 is 2.79 bits per heavy atom. The smallest absolute Gasteiger partial charge is 0.410 e. The number of amides is 1. The monoisotopic (exact) mass is 351 g/mol. The number of rotatable bonds is 6. The van der Waals surface area contributed by atoms with E-state index in [1.807, 2.05) is 25.1 Å². The molecule has 6 heteroatoms. The van der Waals surface area contributed by atoms with E-state index in [4.69, 9.17) is 14.2 Å². The molecule has 1 aliphatic rings. The molecule has 1 fully saturated rings. The lowest BCUT2D eigenvalue weighted by Gasteiger charge is -2.43. The molecule has 24 heavy (non-hydrogen) atoms. The highest BCUT2D eigenvalue weighted by atomic mass is 32.2. The quantitative estimate of drug-likeness (QED) is 0.734. The van der Waals surface area contributed by atoms with Crippen molar-refractivity contribution in [3.05, 3.63) is 43.0 Å². The maximum Gasteiger partial charge on any atom is 0.410 e. The summed E-state index contributed by atoms with van der Waals surface area (Å²) in [5.74, 6) is 0. The minimum atomic E-state index is -0.397. The molecular weight excluding hydrogens is 326 g/mol. The number of methoxy groups -OCH3 is 1. The topological polar surface area (TPSA) is 48.0 Å². The van der Waals surface area contributed by atoms with Gasteiger partial charge in [-0.25, -0.2) is 4.79 Å². The third kappa shape index (κ3) is 4.75. The molecule has 1 amide bonds. The van der Waals surface area contributed by atoms with E-state index < -0.39 is 6.09 Å². The van der Waals surface area contributed by atoms with Gasteiger partial charge in [-0.2, -0.15) is 0 Å². The molecule has 0 radical (unpaired) electrons. The summed E-state index contributed by atoms with van der Waals surface area (Å²) < 4.78 is 16.9. The van der Waals surface area contributed by atoms with Crippen LogP contribution < -0.4 is 0 Å². The Kier molecular flexibility index (Phi) is 7.15. The zero-order valence-corrected chi connectivity index (χ0v) is 15.2. The summed E-state index contributed by atoms with van der Waals surface area (Å²) in [4.78, 5) is 14.8. The number of thioether (sulfide) groups is 1. The summed E-state index contributed by atoms with van der Waals surface area (Å²) in [6, 6.07) is 9.94. The van der Waals surface area contributed by atoms with E-state index >= 15 is 0 Å². The zero-order chi connectivity index (χ0) is 17.5. The largest absolute Gasteiger partial charge is 0.445 e. The van der Waals surface area contributed by atoms with Crippen LogP contribution in [0.3, 0.4) is 0 Å². The summed E-state index contributed by atoms with van der Waals surface area (Å²) in [5.41, 5.74) is -0.0128. The molecule has 0 bridgehead atoms. The molecule has 1 aromatic rings. The Hall–Kier alpha value is -1.50. The fourth-order valence-corrected chi connectivity index (χ4v) is 4.02. The van der Waals surface area contributed by atoms with Crippen molar-refractivity contribution in [1.29, 1.82) is 0 Å². The Morgan fingerprint density at radius 2 is 2.17 bits per heavy atom. The first-order valence-electron chi connectivity index (χ1n) is 7.97. The van der Waals surface area contributed by atoms with Crippen LogP contribution in [0.1, 0.15) is 13.3 Å². The van der Waals surface area contributed by atoms with Crippen LogP contribution in [0, 0.1) is 0 Å². The summed E-state index contributed by atoms with van der Waals surface area (Å²) in [6.45, 7) is 5.71. The van der Waals surface area contributed by atoms with Crippen molar-refractivity contribution < 1.29 is 19.0 Å².